The number of rotatable bonds is 3. The molecule has 0 radical (unpaired) electrons. The summed E-state index contributed by atoms with van der Waals surface area (Å²) >= 11 is 0. The van der Waals surface area contributed by atoms with Crippen molar-refractivity contribution < 1.29 is 19.5 Å². The third-order valence-electron chi connectivity index (χ3n) is 3.18. The predicted octanol–water partition coefficient (Wildman–Crippen LogP) is -0.245. The van der Waals surface area contributed by atoms with Crippen LogP contribution in [0, 0.1) is 5.92 Å². The molecule has 4 N–H and O–H groups in total. The smallest absolute Gasteiger partial charge is 0.326 e. The summed E-state index contributed by atoms with van der Waals surface area (Å²) in [6, 6.07) is -2.21. The Bertz CT molecular complexity index is 358. The Hall–Kier alpha value is -1.79. The van der Waals surface area contributed by atoms with Crippen molar-refractivity contribution >= 4 is 17.9 Å². The monoisotopic (exact) mass is 257 g/mol. The minimum atomic E-state index is -1.02. The molecule has 1 aliphatic heterocycles. The summed E-state index contributed by atoms with van der Waals surface area (Å²) in [6.45, 7) is 3.79. The van der Waals surface area contributed by atoms with Gasteiger partial charge in [-0.25, -0.2) is 9.59 Å². The molecular formula is C11H19N3O4. The Balaban J connectivity index is 2.70. The fourth-order valence-electron chi connectivity index (χ4n) is 1.96. The molecule has 1 rings (SSSR count). The lowest BCUT2D eigenvalue weighted by Crippen LogP contribution is -2.56. The van der Waals surface area contributed by atoms with Gasteiger partial charge in [0, 0.05) is 6.54 Å². The molecule has 0 spiro atoms. The van der Waals surface area contributed by atoms with Gasteiger partial charge in [0.25, 0.3) is 0 Å². The number of likely N-dealkylation sites (tertiary alicyclic amines) is 1. The van der Waals surface area contributed by atoms with Gasteiger partial charge in [-0.15, -0.1) is 0 Å². The van der Waals surface area contributed by atoms with Crippen molar-refractivity contribution in [1.29, 1.82) is 0 Å². The number of hydrogen-bond donors (Lipinski definition) is 3. The van der Waals surface area contributed by atoms with E-state index >= 15 is 0 Å². The van der Waals surface area contributed by atoms with E-state index in [0.29, 0.717) is 13.0 Å². The SMILES string of the molecule is CC1CCN(C(=O)NC(C)C(N)=O)C(C(=O)O)C1. The van der Waals surface area contributed by atoms with Gasteiger partial charge < -0.3 is 21.1 Å². The normalized spacial score (nSPS) is 25.3. The number of nitrogens with two attached hydrogens (primary N) is 1. The molecule has 0 saturated carbocycles. The second kappa shape index (κ2) is 5.70. The lowest BCUT2D eigenvalue weighted by Gasteiger charge is -2.36. The van der Waals surface area contributed by atoms with E-state index in [1.54, 1.807) is 0 Å². The first-order chi connectivity index (χ1) is 8.32. The molecule has 3 amide bonds. The maximum atomic E-state index is 11.9. The number of carbonyl (C=O) groups is 3. The number of urea groups is 1. The highest BCUT2D eigenvalue weighted by molar-refractivity contribution is 5.87. The summed E-state index contributed by atoms with van der Waals surface area (Å²) in [5, 5.41) is 11.5. The average Bonchev–Trinajstić information content (AvgIpc) is 2.28. The van der Waals surface area contributed by atoms with Crippen LogP contribution in [0.1, 0.15) is 26.7 Å². The number of amides is 3. The summed E-state index contributed by atoms with van der Waals surface area (Å²) < 4.78 is 0. The molecule has 1 aliphatic rings. The molecule has 0 aromatic carbocycles. The molecular weight excluding hydrogens is 238 g/mol. The minimum Gasteiger partial charge on any atom is -0.480 e. The molecule has 0 aromatic rings. The van der Waals surface area contributed by atoms with Gasteiger partial charge in [0.1, 0.15) is 12.1 Å². The maximum Gasteiger partial charge on any atom is 0.326 e. The Labute approximate surface area is 105 Å². The number of carboxylic acids is 1. The van der Waals surface area contributed by atoms with Crippen LogP contribution in [-0.4, -0.2) is 46.5 Å². The van der Waals surface area contributed by atoms with Gasteiger partial charge in [-0.3, -0.25) is 4.79 Å². The van der Waals surface area contributed by atoms with Crippen LogP contribution < -0.4 is 11.1 Å². The van der Waals surface area contributed by atoms with Gasteiger partial charge in [0.15, 0.2) is 0 Å². The van der Waals surface area contributed by atoms with E-state index in [4.69, 9.17) is 10.8 Å². The highest BCUT2D eigenvalue weighted by Gasteiger charge is 2.35. The molecule has 3 unspecified atom stereocenters. The first-order valence-corrected chi connectivity index (χ1v) is 5.92. The lowest BCUT2D eigenvalue weighted by atomic mass is 9.93. The highest BCUT2D eigenvalue weighted by atomic mass is 16.4. The average molecular weight is 257 g/mol. The standard InChI is InChI=1S/C11H19N3O4/c1-6-3-4-14(8(5-6)10(16)17)11(18)13-7(2)9(12)15/h6-8H,3-5H2,1-2H3,(H2,12,15)(H,13,18)(H,16,17). The Kier molecular flexibility index (Phi) is 4.52. The van der Waals surface area contributed by atoms with Crippen LogP contribution in [-0.2, 0) is 9.59 Å². The van der Waals surface area contributed by atoms with Crippen molar-refractivity contribution in [2.75, 3.05) is 6.54 Å². The second-order valence-corrected chi connectivity index (χ2v) is 4.75. The van der Waals surface area contributed by atoms with E-state index in [-0.39, 0.29) is 5.92 Å². The second-order valence-electron chi connectivity index (χ2n) is 4.75. The van der Waals surface area contributed by atoms with Crippen molar-refractivity contribution in [3.05, 3.63) is 0 Å². The molecule has 0 aromatic heterocycles. The predicted molar refractivity (Wildman–Crippen MR) is 63.7 cm³/mol. The topological polar surface area (TPSA) is 113 Å². The van der Waals surface area contributed by atoms with Crippen molar-refractivity contribution in [3.8, 4) is 0 Å². The van der Waals surface area contributed by atoms with E-state index < -0.39 is 30.0 Å². The van der Waals surface area contributed by atoms with Crippen molar-refractivity contribution in [2.45, 2.75) is 38.8 Å². The van der Waals surface area contributed by atoms with Gasteiger partial charge in [-0.2, -0.15) is 0 Å². The Morgan fingerprint density at radius 3 is 2.56 bits per heavy atom. The molecule has 1 fully saturated rings. The first-order valence-electron chi connectivity index (χ1n) is 5.92. The van der Waals surface area contributed by atoms with Gasteiger partial charge >= 0.3 is 12.0 Å². The number of primary amides is 1. The molecule has 0 aliphatic carbocycles. The van der Waals surface area contributed by atoms with Crippen LogP contribution in [0.25, 0.3) is 0 Å². The minimum absolute atomic E-state index is 0.267. The molecule has 102 valence electrons. The zero-order valence-corrected chi connectivity index (χ0v) is 10.5. The van der Waals surface area contributed by atoms with Crippen LogP contribution in [0.5, 0.6) is 0 Å². The molecule has 18 heavy (non-hydrogen) atoms. The Morgan fingerprint density at radius 2 is 2.06 bits per heavy atom. The molecule has 7 nitrogen and oxygen atoms in total. The van der Waals surface area contributed by atoms with Crippen LogP contribution in [0.2, 0.25) is 0 Å². The highest BCUT2D eigenvalue weighted by Crippen LogP contribution is 2.22. The van der Waals surface area contributed by atoms with Crippen LogP contribution in [0.3, 0.4) is 0 Å². The quantitative estimate of drug-likeness (QED) is 0.647. The summed E-state index contributed by atoms with van der Waals surface area (Å²) in [4.78, 5) is 35.1. The third-order valence-corrected chi connectivity index (χ3v) is 3.18. The molecule has 1 heterocycles. The molecule has 0 bridgehead atoms. The summed E-state index contributed by atoms with van der Waals surface area (Å²) in [6.07, 6.45) is 1.18. The van der Waals surface area contributed by atoms with Crippen molar-refractivity contribution in [3.63, 3.8) is 0 Å². The number of carbonyl (C=O) groups excluding carboxylic acids is 2. The van der Waals surface area contributed by atoms with Crippen molar-refractivity contribution in [2.24, 2.45) is 11.7 Å². The number of carboxylic acid groups (broad SMARTS) is 1. The first kappa shape index (κ1) is 14.3. The lowest BCUT2D eigenvalue weighted by molar-refractivity contribution is -0.143. The molecule has 7 heteroatoms. The number of hydrogen-bond acceptors (Lipinski definition) is 3. The van der Waals surface area contributed by atoms with E-state index in [9.17, 15) is 14.4 Å². The number of aliphatic carboxylic acids is 1. The van der Waals surface area contributed by atoms with Crippen molar-refractivity contribution in [1.82, 2.24) is 10.2 Å². The van der Waals surface area contributed by atoms with Crippen LogP contribution in [0.15, 0.2) is 0 Å². The van der Waals surface area contributed by atoms with E-state index in [2.05, 4.69) is 5.32 Å². The van der Waals surface area contributed by atoms with E-state index in [0.717, 1.165) is 6.42 Å². The zero-order chi connectivity index (χ0) is 13.9. The summed E-state index contributed by atoms with van der Waals surface area (Å²) in [5.74, 6) is -1.41. The number of nitrogens with zero attached hydrogens (tertiary/aromatic N) is 1. The fourth-order valence-corrected chi connectivity index (χ4v) is 1.96. The molecule has 1 saturated heterocycles. The number of piperidine rings is 1. The van der Waals surface area contributed by atoms with E-state index in [1.165, 1.54) is 11.8 Å². The zero-order valence-electron chi connectivity index (χ0n) is 10.5. The third kappa shape index (κ3) is 3.35. The summed E-state index contributed by atoms with van der Waals surface area (Å²) in [5.41, 5.74) is 5.04. The van der Waals surface area contributed by atoms with Gasteiger partial charge in [0.05, 0.1) is 0 Å². The fraction of sp³-hybridized carbons (Fsp3) is 0.727. The van der Waals surface area contributed by atoms with Gasteiger partial charge in [0.2, 0.25) is 5.91 Å². The Morgan fingerprint density at radius 1 is 1.44 bits per heavy atom. The number of nitrogens with one attached hydrogen (secondary N) is 1. The van der Waals surface area contributed by atoms with Crippen LogP contribution >= 0.6 is 0 Å². The largest absolute Gasteiger partial charge is 0.480 e. The summed E-state index contributed by atoms with van der Waals surface area (Å²) in [7, 11) is 0. The maximum absolute atomic E-state index is 11.9. The van der Waals surface area contributed by atoms with E-state index in [1.807, 2.05) is 6.92 Å². The van der Waals surface area contributed by atoms with Crippen LogP contribution in [0.4, 0.5) is 4.79 Å². The van der Waals surface area contributed by atoms with Gasteiger partial charge in [-0.1, -0.05) is 6.92 Å². The van der Waals surface area contributed by atoms with Gasteiger partial charge in [-0.05, 0) is 25.7 Å². The molecule has 3 atom stereocenters.